The van der Waals surface area contributed by atoms with Gasteiger partial charge >= 0.3 is 5.97 Å². The molecule has 35 heavy (non-hydrogen) atoms. The highest BCUT2D eigenvalue weighted by molar-refractivity contribution is 5.71. The molecule has 3 fully saturated rings. The van der Waals surface area contributed by atoms with Crippen LogP contribution in [0.25, 0.3) is 0 Å². The summed E-state index contributed by atoms with van der Waals surface area (Å²) in [6, 6.07) is 6.13. The van der Waals surface area contributed by atoms with E-state index in [1.165, 1.54) is 50.3 Å². The molecule has 2 saturated carbocycles. The Balaban J connectivity index is 1.19. The number of epoxide rings is 1. The molecule has 1 N–H and O–H groups in total. The van der Waals surface area contributed by atoms with Gasteiger partial charge < -0.3 is 24.1 Å². The van der Waals surface area contributed by atoms with Gasteiger partial charge in [-0.2, -0.15) is 0 Å². The molecule has 1 aromatic rings. The molecular formula is C29H42O6. The molecule has 1 aliphatic heterocycles. The summed E-state index contributed by atoms with van der Waals surface area (Å²) in [6.45, 7) is 2.17. The van der Waals surface area contributed by atoms with Crippen LogP contribution in [0.15, 0.2) is 18.2 Å². The Morgan fingerprint density at radius 1 is 1.17 bits per heavy atom. The fourth-order valence-electron chi connectivity index (χ4n) is 6.58. The van der Waals surface area contributed by atoms with Gasteiger partial charge in [-0.3, -0.25) is 0 Å². The van der Waals surface area contributed by atoms with Crippen LogP contribution in [0.5, 0.6) is 5.75 Å². The molecule has 0 amide bonds. The number of hydrogen-bond donors (Lipinski definition) is 1. The normalized spacial score (nSPS) is 32.0. The lowest BCUT2D eigenvalue weighted by Crippen LogP contribution is -2.28. The average Bonchev–Trinajstić information content (AvgIpc) is 3.77. The smallest absolute Gasteiger partial charge is 0.343 e. The topological polar surface area (TPSA) is 77.5 Å². The summed E-state index contributed by atoms with van der Waals surface area (Å²) >= 11 is 0. The van der Waals surface area contributed by atoms with E-state index < -0.39 is 0 Å². The second-order valence-corrected chi connectivity index (χ2v) is 11.2. The van der Waals surface area contributed by atoms with Crippen LogP contribution in [0.2, 0.25) is 0 Å². The Morgan fingerprint density at radius 2 is 2.03 bits per heavy atom. The number of esters is 1. The van der Waals surface area contributed by atoms with Crippen molar-refractivity contribution in [3.63, 3.8) is 0 Å². The molecule has 0 aromatic heterocycles. The fourth-order valence-corrected chi connectivity index (χ4v) is 6.58. The van der Waals surface area contributed by atoms with Crippen LogP contribution in [0.4, 0.5) is 0 Å². The maximum atomic E-state index is 11.6. The average molecular weight is 487 g/mol. The lowest BCUT2D eigenvalue weighted by atomic mass is 9.73. The number of carbonyl (C=O) groups excluding carboxylic acids is 1. The van der Waals surface area contributed by atoms with Gasteiger partial charge in [-0.1, -0.05) is 38.3 Å². The summed E-state index contributed by atoms with van der Waals surface area (Å²) in [5.74, 6) is 2.39. The lowest BCUT2D eigenvalue weighted by Gasteiger charge is -2.32. The molecule has 7 atom stereocenters. The van der Waals surface area contributed by atoms with Crippen molar-refractivity contribution in [2.75, 3.05) is 13.7 Å². The molecule has 4 aliphatic rings. The second-order valence-electron chi connectivity index (χ2n) is 11.2. The standard InChI is InChI=1S/C29H42O6/c1-3-4-5-8-21(34-29-28(35-29)18-10-11-18)12-13-22-23-14-19-7-6-9-26(33-17-27(31)32-2)24(19)15-20(23)16-25(22)30/h6-7,9,18,20-23,25,28-30H,3-5,8,10-17H2,1-2H3/t20-,21+,22+,23-,25+,28?,29?/m0/s1. The molecule has 2 unspecified atom stereocenters. The number of hydrogen-bond acceptors (Lipinski definition) is 6. The zero-order valence-corrected chi connectivity index (χ0v) is 21.3. The highest BCUT2D eigenvalue weighted by atomic mass is 16.8. The summed E-state index contributed by atoms with van der Waals surface area (Å²) in [4.78, 5) is 11.6. The highest BCUT2D eigenvalue weighted by Crippen LogP contribution is 2.49. The third-order valence-corrected chi connectivity index (χ3v) is 8.77. The van der Waals surface area contributed by atoms with Crippen molar-refractivity contribution < 1.29 is 28.8 Å². The van der Waals surface area contributed by atoms with Gasteiger partial charge in [0.15, 0.2) is 12.9 Å². The van der Waals surface area contributed by atoms with Gasteiger partial charge in [0.2, 0.25) is 0 Å². The maximum Gasteiger partial charge on any atom is 0.343 e. The Bertz CT molecular complexity index is 867. The van der Waals surface area contributed by atoms with Gasteiger partial charge in [-0.15, -0.1) is 0 Å². The van der Waals surface area contributed by atoms with E-state index in [0.29, 0.717) is 23.9 Å². The quantitative estimate of drug-likeness (QED) is 0.244. The number of benzene rings is 1. The van der Waals surface area contributed by atoms with E-state index in [2.05, 4.69) is 13.0 Å². The van der Waals surface area contributed by atoms with Crippen molar-refractivity contribution in [3.05, 3.63) is 29.3 Å². The Kier molecular flexibility index (Phi) is 8.00. The number of fused-ring (bicyclic) bond motifs is 2. The molecule has 6 nitrogen and oxygen atoms in total. The highest BCUT2D eigenvalue weighted by Gasteiger charge is 2.51. The molecule has 0 radical (unpaired) electrons. The summed E-state index contributed by atoms with van der Waals surface area (Å²) in [6.07, 6.45) is 12.4. The van der Waals surface area contributed by atoms with Crippen LogP contribution in [-0.2, 0) is 31.8 Å². The third-order valence-electron chi connectivity index (χ3n) is 8.77. The number of methoxy groups -OCH3 is 1. The van der Waals surface area contributed by atoms with Crippen molar-refractivity contribution >= 4 is 5.97 Å². The van der Waals surface area contributed by atoms with E-state index in [1.54, 1.807) is 0 Å². The predicted molar refractivity (Wildman–Crippen MR) is 132 cm³/mol. The first-order valence-corrected chi connectivity index (χ1v) is 13.9. The van der Waals surface area contributed by atoms with E-state index in [4.69, 9.17) is 18.9 Å². The first-order chi connectivity index (χ1) is 17.1. The van der Waals surface area contributed by atoms with Crippen LogP contribution in [0, 0.1) is 23.7 Å². The fraction of sp³-hybridized carbons (Fsp3) is 0.759. The molecule has 0 bridgehead atoms. The molecule has 3 aliphatic carbocycles. The monoisotopic (exact) mass is 486 g/mol. The minimum absolute atomic E-state index is 0.0142. The molecule has 1 saturated heterocycles. The molecule has 194 valence electrons. The van der Waals surface area contributed by atoms with Gasteiger partial charge in [-0.25, -0.2) is 4.79 Å². The number of rotatable bonds is 13. The van der Waals surface area contributed by atoms with Crippen molar-refractivity contribution in [1.82, 2.24) is 0 Å². The Morgan fingerprint density at radius 3 is 2.80 bits per heavy atom. The molecule has 1 aromatic carbocycles. The Labute approximate surface area is 209 Å². The van der Waals surface area contributed by atoms with Gasteiger partial charge in [0.05, 0.1) is 19.3 Å². The number of aliphatic hydroxyl groups is 1. The van der Waals surface area contributed by atoms with E-state index >= 15 is 0 Å². The maximum absolute atomic E-state index is 11.6. The number of unbranched alkanes of at least 4 members (excludes halogenated alkanes) is 2. The van der Waals surface area contributed by atoms with E-state index in [9.17, 15) is 9.90 Å². The Hall–Kier alpha value is -1.63. The van der Waals surface area contributed by atoms with Crippen LogP contribution >= 0.6 is 0 Å². The second kappa shape index (κ2) is 11.2. The van der Waals surface area contributed by atoms with Gasteiger partial charge in [-0.05, 0) is 92.2 Å². The number of aliphatic hydroxyl groups excluding tert-OH is 1. The molecule has 5 rings (SSSR count). The van der Waals surface area contributed by atoms with Crippen LogP contribution < -0.4 is 4.74 Å². The zero-order valence-electron chi connectivity index (χ0n) is 21.3. The van der Waals surface area contributed by atoms with Crippen LogP contribution in [-0.4, -0.2) is 49.4 Å². The predicted octanol–water partition coefficient (Wildman–Crippen LogP) is 4.83. The SMILES string of the molecule is CCCCC[C@H](CC[C@@H]1[C@H]2Cc3cccc(OCC(=O)OC)c3C[C@H]2C[C@H]1O)OC1OC1C1CC1. The van der Waals surface area contributed by atoms with Crippen LogP contribution in [0.3, 0.4) is 0 Å². The van der Waals surface area contributed by atoms with Crippen molar-refractivity contribution in [2.45, 2.75) is 102 Å². The minimum atomic E-state index is -0.372. The largest absolute Gasteiger partial charge is 0.482 e. The minimum Gasteiger partial charge on any atom is -0.482 e. The first-order valence-electron chi connectivity index (χ1n) is 13.9. The van der Waals surface area contributed by atoms with Gasteiger partial charge in [0.25, 0.3) is 0 Å². The summed E-state index contributed by atoms with van der Waals surface area (Å²) in [5, 5.41) is 11.1. The summed E-state index contributed by atoms with van der Waals surface area (Å²) in [5.41, 5.74) is 2.49. The lowest BCUT2D eigenvalue weighted by molar-refractivity contribution is -0.142. The molecule has 1 heterocycles. The summed E-state index contributed by atoms with van der Waals surface area (Å²) in [7, 11) is 1.37. The van der Waals surface area contributed by atoms with Gasteiger partial charge in [0, 0.05) is 0 Å². The molecule has 6 heteroatoms. The zero-order chi connectivity index (χ0) is 24.4. The van der Waals surface area contributed by atoms with E-state index in [-0.39, 0.29) is 31.1 Å². The number of carbonyl (C=O) groups is 1. The van der Waals surface area contributed by atoms with Crippen LogP contribution in [0.1, 0.15) is 75.8 Å². The van der Waals surface area contributed by atoms with Gasteiger partial charge in [0.1, 0.15) is 11.9 Å². The van der Waals surface area contributed by atoms with Crippen molar-refractivity contribution in [3.8, 4) is 5.75 Å². The third kappa shape index (κ3) is 6.03. The van der Waals surface area contributed by atoms with E-state index in [0.717, 1.165) is 50.2 Å². The van der Waals surface area contributed by atoms with E-state index in [1.807, 2.05) is 12.1 Å². The summed E-state index contributed by atoms with van der Waals surface area (Å²) < 4.78 is 22.8. The van der Waals surface area contributed by atoms with Crippen molar-refractivity contribution in [2.24, 2.45) is 23.7 Å². The van der Waals surface area contributed by atoms with Crippen molar-refractivity contribution in [1.29, 1.82) is 0 Å². The first kappa shape index (κ1) is 25.0. The molecule has 0 spiro atoms. The number of ether oxygens (including phenoxy) is 4. The molecular weight excluding hydrogens is 444 g/mol.